The molecule has 0 unspecified atom stereocenters. The van der Waals surface area contributed by atoms with Crippen LogP contribution in [0.25, 0.3) is 5.13 Å². The number of nitrogens with zero attached hydrogens (tertiary/aromatic N) is 2. The number of carbonyl (C=O) groups is 1. The minimum absolute atomic E-state index is 0.163. The molecule has 0 aliphatic heterocycles. The molecule has 0 bridgehead atoms. The van der Waals surface area contributed by atoms with E-state index in [0.717, 1.165) is 10.7 Å². The van der Waals surface area contributed by atoms with Crippen LogP contribution in [0.1, 0.15) is 20.9 Å². The van der Waals surface area contributed by atoms with Gasteiger partial charge in [-0.3, -0.25) is 4.79 Å². The van der Waals surface area contributed by atoms with Gasteiger partial charge >= 0.3 is 0 Å². The molecule has 6 heteroatoms. The largest absolute Gasteiger partial charge is 0.340 e. The monoisotopic (exact) mass is 355 g/mol. The van der Waals surface area contributed by atoms with Crippen molar-refractivity contribution in [3.8, 4) is 17.0 Å². The number of aryl methyl sites for hydroxylation is 1. The van der Waals surface area contributed by atoms with E-state index in [1.54, 1.807) is 12.1 Å². The maximum absolute atomic E-state index is 12.3. The van der Waals surface area contributed by atoms with Crippen LogP contribution in [0, 0.1) is 18.8 Å². The summed E-state index contributed by atoms with van der Waals surface area (Å²) in [6.45, 7) is 2.09. The standard InChI is InChI=1S/C18H14ClN3OS/c1-13-16(24-18(21-13)22-10-2-3-11-22)17(23)20-9-5-7-14-6-4-8-15(19)12-14/h2-4,6,8,10-12H,9H2,1H3,(H,20,23). The van der Waals surface area contributed by atoms with Crippen molar-refractivity contribution in [1.82, 2.24) is 14.9 Å². The Bertz CT molecular complexity index is 919. The third-order valence-corrected chi connectivity index (χ3v) is 4.62. The van der Waals surface area contributed by atoms with E-state index in [1.165, 1.54) is 11.3 Å². The minimum Gasteiger partial charge on any atom is -0.340 e. The molecule has 0 aliphatic carbocycles. The van der Waals surface area contributed by atoms with E-state index in [0.29, 0.717) is 15.6 Å². The highest BCUT2D eigenvalue weighted by atomic mass is 35.5. The maximum Gasteiger partial charge on any atom is 0.264 e. The number of amides is 1. The van der Waals surface area contributed by atoms with Crippen molar-refractivity contribution in [3.63, 3.8) is 0 Å². The van der Waals surface area contributed by atoms with Crippen molar-refractivity contribution < 1.29 is 4.79 Å². The summed E-state index contributed by atoms with van der Waals surface area (Å²) in [5.41, 5.74) is 1.53. The van der Waals surface area contributed by atoms with Crippen LogP contribution in [-0.2, 0) is 0 Å². The Hall–Kier alpha value is -2.55. The molecule has 0 radical (unpaired) electrons. The predicted molar refractivity (Wildman–Crippen MR) is 96.8 cm³/mol. The van der Waals surface area contributed by atoms with E-state index in [4.69, 9.17) is 11.6 Å². The molecule has 120 valence electrons. The van der Waals surface area contributed by atoms with Crippen LogP contribution < -0.4 is 5.32 Å². The summed E-state index contributed by atoms with van der Waals surface area (Å²) in [6.07, 6.45) is 3.80. The third kappa shape index (κ3) is 3.85. The van der Waals surface area contributed by atoms with E-state index in [-0.39, 0.29) is 12.5 Å². The van der Waals surface area contributed by atoms with E-state index in [9.17, 15) is 4.79 Å². The summed E-state index contributed by atoms with van der Waals surface area (Å²) in [6, 6.07) is 11.1. The fourth-order valence-electron chi connectivity index (χ4n) is 2.08. The molecule has 1 amide bonds. The van der Waals surface area contributed by atoms with Crippen LogP contribution in [0.15, 0.2) is 48.8 Å². The molecule has 0 atom stereocenters. The summed E-state index contributed by atoms with van der Waals surface area (Å²) in [5.74, 6) is 5.73. The Morgan fingerprint density at radius 1 is 1.33 bits per heavy atom. The van der Waals surface area contributed by atoms with Crippen LogP contribution in [0.4, 0.5) is 0 Å². The highest BCUT2D eigenvalue weighted by molar-refractivity contribution is 7.16. The summed E-state index contributed by atoms with van der Waals surface area (Å²) in [5, 5.41) is 4.21. The van der Waals surface area contributed by atoms with Gasteiger partial charge in [-0.25, -0.2) is 4.98 Å². The molecule has 0 saturated carbocycles. The number of hydrogen-bond donors (Lipinski definition) is 1. The van der Waals surface area contributed by atoms with Crippen molar-refractivity contribution in [1.29, 1.82) is 0 Å². The average molecular weight is 356 g/mol. The zero-order valence-corrected chi connectivity index (χ0v) is 14.5. The summed E-state index contributed by atoms with van der Waals surface area (Å²) in [7, 11) is 0. The number of aromatic nitrogens is 2. The molecule has 24 heavy (non-hydrogen) atoms. The SMILES string of the molecule is Cc1nc(-n2cccc2)sc1C(=O)NCC#Cc1cccc(Cl)c1. The first-order valence-corrected chi connectivity index (χ1v) is 8.46. The second-order valence-electron chi connectivity index (χ2n) is 5.00. The van der Waals surface area contributed by atoms with Gasteiger partial charge < -0.3 is 9.88 Å². The second kappa shape index (κ2) is 7.35. The summed E-state index contributed by atoms with van der Waals surface area (Å²) in [4.78, 5) is 17.3. The molecule has 0 aliphatic rings. The Morgan fingerprint density at radius 2 is 2.12 bits per heavy atom. The fraction of sp³-hybridized carbons (Fsp3) is 0.111. The van der Waals surface area contributed by atoms with E-state index < -0.39 is 0 Å². The van der Waals surface area contributed by atoms with Gasteiger partial charge in [-0.15, -0.1) is 0 Å². The molecule has 0 saturated heterocycles. The number of halogens is 1. The first-order valence-electron chi connectivity index (χ1n) is 7.27. The molecule has 0 fully saturated rings. The van der Waals surface area contributed by atoms with E-state index in [2.05, 4.69) is 22.1 Å². The van der Waals surface area contributed by atoms with Crippen molar-refractivity contribution >= 4 is 28.8 Å². The lowest BCUT2D eigenvalue weighted by Crippen LogP contribution is -2.23. The van der Waals surface area contributed by atoms with Gasteiger partial charge in [0.15, 0.2) is 5.13 Å². The molecule has 3 aromatic rings. The molecule has 2 heterocycles. The van der Waals surface area contributed by atoms with E-state index >= 15 is 0 Å². The molecule has 1 aromatic carbocycles. The maximum atomic E-state index is 12.3. The van der Waals surface area contributed by atoms with Gasteiger partial charge in [-0.1, -0.05) is 40.8 Å². The van der Waals surface area contributed by atoms with Gasteiger partial charge in [-0.2, -0.15) is 0 Å². The molecule has 3 rings (SSSR count). The smallest absolute Gasteiger partial charge is 0.264 e. The summed E-state index contributed by atoms with van der Waals surface area (Å²) < 4.78 is 1.88. The number of hydrogen-bond acceptors (Lipinski definition) is 3. The van der Waals surface area contributed by atoms with Gasteiger partial charge in [0, 0.05) is 23.0 Å². The molecular weight excluding hydrogens is 342 g/mol. The molecule has 4 nitrogen and oxygen atoms in total. The van der Waals surface area contributed by atoms with Crippen molar-refractivity contribution in [3.05, 3.63) is 69.9 Å². The molecule has 2 aromatic heterocycles. The van der Waals surface area contributed by atoms with Crippen LogP contribution >= 0.6 is 22.9 Å². The number of benzene rings is 1. The quantitative estimate of drug-likeness (QED) is 0.728. The van der Waals surface area contributed by atoms with Gasteiger partial charge in [0.05, 0.1) is 12.2 Å². The predicted octanol–water partition coefficient (Wildman–Crippen LogP) is 3.68. The minimum atomic E-state index is -0.163. The van der Waals surface area contributed by atoms with Crippen LogP contribution in [-0.4, -0.2) is 22.0 Å². The van der Waals surface area contributed by atoms with Crippen molar-refractivity contribution in [2.24, 2.45) is 0 Å². The Morgan fingerprint density at radius 3 is 2.88 bits per heavy atom. The highest BCUT2D eigenvalue weighted by Crippen LogP contribution is 2.21. The normalized spacial score (nSPS) is 10.1. The number of thiazole rings is 1. The third-order valence-electron chi connectivity index (χ3n) is 3.21. The van der Waals surface area contributed by atoms with Crippen LogP contribution in [0.5, 0.6) is 0 Å². The zero-order valence-electron chi connectivity index (χ0n) is 12.9. The Labute approximate surface area is 149 Å². The average Bonchev–Trinajstić information content (AvgIpc) is 3.21. The topological polar surface area (TPSA) is 46.9 Å². The van der Waals surface area contributed by atoms with Gasteiger partial charge in [0.1, 0.15) is 4.88 Å². The number of nitrogens with one attached hydrogen (secondary N) is 1. The Kier molecular flexibility index (Phi) is 4.99. The molecular formula is C18H14ClN3OS. The number of carbonyl (C=O) groups excluding carboxylic acids is 1. The van der Waals surface area contributed by atoms with Gasteiger partial charge in [-0.05, 0) is 37.3 Å². The lowest BCUT2D eigenvalue weighted by atomic mass is 10.2. The van der Waals surface area contributed by atoms with E-state index in [1.807, 2.05) is 48.1 Å². The number of rotatable bonds is 3. The first kappa shape index (κ1) is 16.3. The van der Waals surface area contributed by atoms with Crippen LogP contribution in [0.3, 0.4) is 0 Å². The second-order valence-corrected chi connectivity index (χ2v) is 6.41. The zero-order chi connectivity index (χ0) is 16.9. The lowest BCUT2D eigenvalue weighted by molar-refractivity contribution is 0.0962. The van der Waals surface area contributed by atoms with Gasteiger partial charge in [0.2, 0.25) is 0 Å². The summed E-state index contributed by atoms with van der Waals surface area (Å²) >= 11 is 7.26. The molecule has 0 spiro atoms. The van der Waals surface area contributed by atoms with Crippen LogP contribution in [0.2, 0.25) is 5.02 Å². The van der Waals surface area contributed by atoms with Crippen molar-refractivity contribution in [2.45, 2.75) is 6.92 Å². The van der Waals surface area contributed by atoms with Crippen molar-refractivity contribution in [2.75, 3.05) is 6.54 Å². The lowest BCUT2D eigenvalue weighted by Gasteiger charge is -1.98. The Balaban J connectivity index is 1.64. The first-order chi connectivity index (χ1) is 11.6. The fourth-order valence-corrected chi connectivity index (χ4v) is 3.22. The molecule has 1 N–H and O–H groups in total. The highest BCUT2D eigenvalue weighted by Gasteiger charge is 2.15. The van der Waals surface area contributed by atoms with Gasteiger partial charge in [0.25, 0.3) is 5.91 Å².